The van der Waals surface area contributed by atoms with Gasteiger partial charge in [-0.05, 0) is 23.6 Å². The smallest absolute Gasteiger partial charge is 0.226 e. The summed E-state index contributed by atoms with van der Waals surface area (Å²) < 4.78 is 13.4. The Balaban J connectivity index is 0.00000324. The van der Waals surface area contributed by atoms with E-state index in [1.165, 1.54) is 6.07 Å². The van der Waals surface area contributed by atoms with Gasteiger partial charge in [-0.25, -0.2) is 4.39 Å². The van der Waals surface area contributed by atoms with E-state index in [0.717, 1.165) is 0 Å². The summed E-state index contributed by atoms with van der Waals surface area (Å²) in [6.07, 6.45) is 0.0871. The van der Waals surface area contributed by atoms with Gasteiger partial charge in [0.25, 0.3) is 0 Å². The topological polar surface area (TPSA) is 46.3 Å². The van der Waals surface area contributed by atoms with E-state index in [2.05, 4.69) is 0 Å². The zero-order valence-electron chi connectivity index (χ0n) is 11.6. The van der Waals surface area contributed by atoms with Gasteiger partial charge in [0.2, 0.25) is 5.91 Å². The van der Waals surface area contributed by atoms with E-state index < -0.39 is 0 Å². The average Bonchev–Trinajstić information content (AvgIpc) is 2.31. The van der Waals surface area contributed by atoms with Crippen LogP contribution in [0.1, 0.15) is 19.4 Å². The first kappa shape index (κ1) is 17.9. The number of hydrogen-bond acceptors (Lipinski definition) is 2. The molecule has 5 heteroatoms. The predicted molar refractivity (Wildman–Crippen MR) is 77.8 cm³/mol. The van der Waals surface area contributed by atoms with Crippen molar-refractivity contribution in [3.8, 4) is 0 Å². The maximum Gasteiger partial charge on any atom is 0.226 e. The van der Waals surface area contributed by atoms with E-state index >= 15 is 0 Å². The van der Waals surface area contributed by atoms with E-state index in [1.54, 1.807) is 30.1 Å². The van der Waals surface area contributed by atoms with Crippen LogP contribution in [0.5, 0.6) is 0 Å². The highest BCUT2D eigenvalue weighted by Gasteiger charge is 2.21. The molecule has 0 aliphatic carbocycles. The van der Waals surface area contributed by atoms with Crippen molar-refractivity contribution in [1.82, 2.24) is 4.90 Å². The van der Waals surface area contributed by atoms with Gasteiger partial charge >= 0.3 is 0 Å². The second-order valence-corrected chi connectivity index (χ2v) is 5.39. The summed E-state index contributed by atoms with van der Waals surface area (Å²) in [4.78, 5) is 13.6. The molecule has 0 aliphatic heterocycles. The van der Waals surface area contributed by atoms with Crippen molar-refractivity contribution in [2.75, 3.05) is 20.1 Å². The molecule has 1 amide bonds. The highest BCUT2D eigenvalue weighted by Crippen LogP contribution is 2.15. The maximum absolute atomic E-state index is 13.4. The number of amides is 1. The molecule has 0 atom stereocenters. The minimum Gasteiger partial charge on any atom is -0.345 e. The third-order valence-corrected chi connectivity index (χ3v) is 2.94. The quantitative estimate of drug-likeness (QED) is 0.903. The molecule has 0 saturated heterocycles. The van der Waals surface area contributed by atoms with Crippen molar-refractivity contribution in [3.05, 3.63) is 35.6 Å². The molecule has 0 aromatic heterocycles. The van der Waals surface area contributed by atoms with Gasteiger partial charge in [-0.15, -0.1) is 12.4 Å². The van der Waals surface area contributed by atoms with Gasteiger partial charge in [0.1, 0.15) is 5.82 Å². The molecule has 108 valence electrons. The molecule has 0 heterocycles. The van der Waals surface area contributed by atoms with E-state index in [0.29, 0.717) is 18.7 Å². The third kappa shape index (κ3) is 5.57. The molecule has 1 aromatic carbocycles. The zero-order valence-corrected chi connectivity index (χ0v) is 12.5. The van der Waals surface area contributed by atoms with Crippen LogP contribution >= 0.6 is 12.4 Å². The number of carbonyl (C=O) groups excluding carboxylic acids is 1. The Labute approximate surface area is 120 Å². The average molecular weight is 289 g/mol. The SMILES string of the molecule is CN(CC(C)(C)CN)C(=O)Cc1ccccc1F.Cl. The number of nitrogens with two attached hydrogens (primary N) is 1. The van der Waals surface area contributed by atoms with E-state index in [9.17, 15) is 9.18 Å². The molecule has 2 N–H and O–H groups in total. The van der Waals surface area contributed by atoms with E-state index in [-0.39, 0.29) is 36.0 Å². The second kappa shape index (κ2) is 7.46. The van der Waals surface area contributed by atoms with Crippen LogP contribution in [0, 0.1) is 11.2 Å². The summed E-state index contributed by atoms with van der Waals surface area (Å²) in [5.41, 5.74) is 5.94. The molecular weight excluding hydrogens is 267 g/mol. The van der Waals surface area contributed by atoms with Crippen LogP contribution in [0.15, 0.2) is 24.3 Å². The molecular formula is C14H22ClFN2O. The van der Waals surface area contributed by atoms with Crippen LogP contribution in [0.2, 0.25) is 0 Å². The number of hydrogen-bond donors (Lipinski definition) is 1. The molecule has 0 bridgehead atoms. The monoisotopic (exact) mass is 288 g/mol. The van der Waals surface area contributed by atoms with Crippen LogP contribution < -0.4 is 5.73 Å². The van der Waals surface area contributed by atoms with Gasteiger partial charge < -0.3 is 10.6 Å². The summed E-state index contributed by atoms with van der Waals surface area (Å²) in [7, 11) is 1.72. The van der Waals surface area contributed by atoms with Crippen molar-refractivity contribution in [2.45, 2.75) is 20.3 Å². The molecule has 0 unspecified atom stereocenters. The highest BCUT2D eigenvalue weighted by molar-refractivity contribution is 5.85. The Morgan fingerprint density at radius 3 is 2.47 bits per heavy atom. The first-order valence-corrected chi connectivity index (χ1v) is 6.03. The Morgan fingerprint density at radius 1 is 1.37 bits per heavy atom. The summed E-state index contributed by atoms with van der Waals surface area (Å²) in [6.45, 7) is 5.07. The Kier molecular flexibility index (Phi) is 7.01. The fourth-order valence-electron chi connectivity index (χ4n) is 1.73. The van der Waals surface area contributed by atoms with E-state index in [1.807, 2.05) is 13.8 Å². The summed E-state index contributed by atoms with van der Waals surface area (Å²) in [5, 5.41) is 0. The third-order valence-electron chi connectivity index (χ3n) is 2.94. The lowest BCUT2D eigenvalue weighted by Gasteiger charge is -2.29. The molecule has 0 fully saturated rings. The number of rotatable bonds is 5. The Morgan fingerprint density at radius 2 is 1.95 bits per heavy atom. The van der Waals surface area contributed by atoms with Gasteiger partial charge in [-0.3, -0.25) is 4.79 Å². The predicted octanol–water partition coefficient (Wildman–Crippen LogP) is 2.23. The number of nitrogens with zero attached hydrogens (tertiary/aromatic N) is 1. The number of halogens is 2. The molecule has 19 heavy (non-hydrogen) atoms. The largest absolute Gasteiger partial charge is 0.345 e. The molecule has 3 nitrogen and oxygen atoms in total. The minimum absolute atomic E-state index is 0. The van der Waals surface area contributed by atoms with Crippen molar-refractivity contribution in [3.63, 3.8) is 0 Å². The van der Waals surface area contributed by atoms with Gasteiger partial charge in [0.05, 0.1) is 6.42 Å². The molecule has 0 aliphatic rings. The standard InChI is InChI=1S/C14H21FN2O.ClH/c1-14(2,9-16)10-17(3)13(18)8-11-6-4-5-7-12(11)15;/h4-7H,8-10,16H2,1-3H3;1H. The van der Waals surface area contributed by atoms with Crippen LogP contribution in [-0.2, 0) is 11.2 Å². The van der Waals surface area contributed by atoms with Crippen LogP contribution in [0.25, 0.3) is 0 Å². The molecule has 0 radical (unpaired) electrons. The van der Waals surface area contributed by atoms with E-state index in [4.69, 9.17) is 5.73 Å². The van der Waals surface area contributed by atoms with Crippen LogP contribution in [-0.4, -0.2) is 30.9 Å². The van der Waals surface area contributed by atoms with Gasteiger partial charge in [0, 0.05) is 13.6 Å². The van der Waals surface area contributed by atoms with Crippen molar-refractivity contribution in [2.24, 2.45) is 11.1 Å². The zero-order chi connectivity index (χ0) is 13.8. The normalized spacial score (nSPS) is 10.8. The lowest BCUT2D eigenvalue weighted by atomic mass is 9.93. The summed E-state index contributed by atoms with van der Waals surface area (Å²) >= 11 is 0. The van der Waals surface area contributed by atoms with Crippen LogP contribution in [0.3, 0.4) is 0 Å². The van der Waals surface area contributed by atoms with Gasteiger partial charge in [0.15, 0.2) is 0 Å². The first-order chi connectivity index (χ1) is 8.35. The fraction of sp³-hybridized carbons (Fsp3) is 0.500. The molecule has 0 saturated carbocycles. The number of benzene rings is 1. The second-order valence-electron chi connectivity index (χ2n) is 5.39. The minimum atomic E-state index is -0.336. The Bertz CT molecular complexity index is 424. The first-order valence-electron chi connectivity index (χ1n) is 6.03. The van der Waals surface area contributed by atoms with Crippen molar-refractivity contribution in [1.29, 1.82) is 0 Å². The van der Waals surface area contributed by atoms with Crippen molar-refractivity contribution < 1.29 is 9.18 Å². The van der Waals surface area contributed by atoms with Gasteiger partial charge in [-0.1, -0.05) is 32.0 Å². The maximum atomic E-state index is 13.4. The van der Waals surface area contributed by atoms with Gasteiger partial charge in [-0.2, -0.15) is 0 Å². The molecule has 1 rings (SSSR count). The van der Waals surface area contributed by atoms with Crippen molar-refractivity contribution >= 4 is 18.3 Å². The number of carbonyl (C=O) groups is 1. The Hall–Kier alpha value is -1.13. The van der Waals surface area contributed by atoms with Crippen LogP contribution in [0.4, 0.5) is 4.39 Å². The lowest BCUT2D eigenvalue weighted by Crippen LogP contribution is -2.40. The fourth-order valence-corrected chi connectivity index (χ4v) is 1.73. The number of likely N-dealkylation sites (N-methyl/N-ethyl adjacent to an activating group) is 1. The lowest BCUT2D eigenvalue weighted by molar-refractivity contribution is -0.130. The molecule has 1 aromatic rings. The molecule has 0 spiro atoms. The summed E-state index contributed by atoms with van der Waals surface area (Å²) in [6, 6.07) is 6.35. The summed E-state index contributed by atoms with van der Waals surface area (Å²) in [5.74, 6) is -0.432. The highest BCUT2D eigenvalue weighted by atomic mass is 35.5.